The first-order valence-electron chi connectivity index (χ1n) is 10.3. The zero-order valence-corrected chi connectivity index (χ0v) is 17.4. The largest absolute Gasteiger partial charge is 0.497 e. The van der Waals surface area contributed by atoms with Crippen LogP contribution in [-0.4, -0.2) is 62.4 Å². The van der Waals surface area contributed by atoms with Crippen molar-refractivity contribution in [2.75, 3.05) is 14.2 Å². The van der Waals surface area contributed by atoms with E-state index in [1.54, 1.807) is 14.2 Å². The summed E-state index contributed by atoms with van der Waals surface area (Å²) in [5.41, 5.74) is 1.96. The van der Waals surface area contributed by atoms with Gasteiger partial charge in [-0.25, -0.2) is 0 Å². The van der Waals surface area contributed by atoms with E-state index in [1.165, 1.54) is 0 Å². The summed E-state index contributed by atoms with van der Waals surface area (Å²) in [6, 6.07) is 15.3. The van der Waals surface area contributed by atoms with Gasteiger partial charge in [0.15, 0.2) is 0 Å². The van der Waals surface area contributed by atoms with Gasteiger partial charge in [0, 0.05) is 0 Å². The third-order valence-electron chi connectivity index (χ3n) is 5.98. The molecule has 4 bridgehead atoms. The summed E-state index contributed by atoms with van der Waals surface area (Å²) in [6.07, 6.45) is -3.27. The second-order valence-corrected chi connectivity index (χ2v) is 7.83. The van der Waals surface area contributed by atoms with Gasteiger partial charge in [0.1, 0.15) is 48.1 Å². The summed E-state index contributed by atoms with van der Waals surface area (Å²) >= 11 is 0. The smallest absolute Gasteiger partial charge is 0.272 e. The molecule has 4 aliphatic rings. The Hall–Kier alpha value is -2.20. The number of rotatable bonds is 8. The van der Waals surface area contributed by atoms with E-state index in [2.05, 4.69) is 0 Å². The molecular weight excluding hydrogens is 404 g/mol. The van der Waals surface area contributed by atoms with E-state index in [9.17, 15) is 5.11 Å². The lowest BCUT2D eigenvalue weighted by Crippen LogP contribution is -2.75. The third-order valence-corrected chi connectivity index (χ3v) is 5.98. The molecule has 8 heteroatoms. The lowest BCUT2D eigenvalue weighted by molar-refractivity contribution is -0.487. The SMILES string of the molecule is COc1ccc(COC2C3OC4OC(C3O)C(OCc3ccc(OC)cc3)C2O4)cc1. The first-order chi connectivity index (χ1) is 15.2. The Balaban J connectivity index is 1.27. The van der Waals surface area contributed by atoms with Gasteiger partial charge < -0.3 is 38.3 Å². The van der Waals surface area contributed by atoms with Crippen LogP contribution in [0, 0.1) is 0 Å². The Morgan fingerprint density at radius 3 is 1.52 bits per heavy atom. The molecule has 1 saturated carbocycles. The highest BCUT2D eigenvalue weighted by molar-refractivity contribution is 5.27. The zero-order valence-electron chi connectivity index (χ0n) is 17.4. The van der Waals surface area contributed by atoms with E-state index < -0.39 is 43.1 Å². The van der Waals surface area contributed by atoms with Gasteiger partial charge in [0.2, 0.25) is 0 Å². The number of methoxy groups -OCH3 is 2. The molecule has 4 atom stereocenters. The second kappa shape index (κ2) is 8.74. The maximum Gasteiger partial charge on any atom is 0.272 e. The van der Waals surface area contributed by atoms with Crippen LogP contribution in [-0.2, 0) is 36.9 Å². The van der Waals surface area contributed by atoms with Crippen molar-refractivity contribution in [3.8, 4) is 11.5 Å². The molecule has 0 radical (unpaired) electrons. The Morgan fingerprint density at radius 1 is 0.677 bits per heavy atom. The van der Waals surface area contributed by atoms with Crippen LogP contribution in [0.3, 0.4) is 0 Å². The average molecular weight is 430 g/mol. The molecule has 0 amide bonds. The van der Waals surface area contributed by atoms with Gasteiger partial charge in [-0.15, -0.1) is 0 Å². The van der Waals surface area contributed by atoms with Gasteiger partial charge >= 0.3 is 0 Å². The van der Waals surface area contributed by atoms with Crippen molar-refractivity contribution < 1.29 is 38.3 Å². The van der Waals surface area contributed by atoms with Crippen LogP contribution >= 0.6 is 0 Å². The maximum atomic E-state index is 10.8. The van der Waals surface area contributed by atoms with E-state index in [4.69, 9.17) is 33.2 Å². The van der Waals surface area contributed by atoms with Gasteiger partial charge in [-0.2, -0.15) is 0 Å². The first kappa shape index (κ1) is 20.7. The predicted octanol–water partition coefficient (Wildman–Crippen LogP) is 2.02. The van der Waals surface area contributed by atoms with Crippen molar-refractivity contribution in [3.05, 3.63) is 59.7 Å². The summed E-state index contributed by atoms with van der Waals surface area (Å²) in [7, 11) is 3.26. The highest BCUT2D eigenvalue weighted by atomic mass is 16.9. The molecule has 1 aliphatic carbocycles. The number of benzene rings is 2. The highest BCUT2D eigenvalue weighted by Crippen LogP contribution is 2.42. The molecule has 31 heavy (non-hydrogen) atoms. The molecule has 3 aliphatic heterocycles. The first-order valence-corrected chi connectivity index (χ1v) is 10.3. The third kappa shape index (κ3) is 4.03. The van der Waals surface area contributed by atoms with E-state index in [0.717, 1.165) is 22.6 Å². The number of ether oxygens (including phenoxy) is 7. The van der Waals surface area contributed by atoms with Gasteiger partial charge in [0.05, 0.1) is 27.4 Å². The molecular formula is C23H26O8. The van der Waals surface area contributed by atoms with E-state index in [-0.39, 0.29) is 0 Å². The van der Waals surface area contributed by atoms with Gasteiger partial charge in [-0.1, -0.05) is 24.3 Å². The number of aliphatic hydroxyl groups is 1. The summed E-state index contributed by atoms with van der Waals surface area (Å²) < 4.78 is 40.0. The van der Waals surface area contributed by atoms with Crippen LogP contribution in [0.2, 0.25) is 0 Å². The van der Waals surface area contributed by atoms with Crippen LogP contribution in [0.25, 0.3) is 0 Å². The van der Waals surface area contributed by atoms with E-state index >= 15 is 0 Å². The van der Waals surface area contributed by atoms with Crippen LogP contribution in [0.1, 0.15) is 11.1 Å². The lowest BCUT2D eigenvalue weighted by Gasteiger charge is -2.57. The summed E-state index contributed by atoms with van der Waals surface area (Å²) in [5, 5.41) is 10.8. The Morgan fingerprint density at radius 2 is 1.10 bits per heavy atom. The fourth-order valence-corrected chi connectivity index (χ4v) is 4.30. The topological polar surface area (TPSA) is 84.8 Å². The van der Waals surface area contributed by atoms with Crippen molar-refractivity contribution in [2.24, 2.45) is 0 Å². The fourth-order valence-electron chi connectivity index (χ4n) is 4.30. The molecule has 2 aromatic rings. The maximum absolute atomic E-state index is 10.8. The van der Waals surface area contributed by atoms with Crippen molar-refractivity contribution in [3.63, 3.8) is 0 Å². The van der Waals surface area contributed by atoms with Crippen LogP contribution in [0.5, 0.6) is 11.5 Å². The fraction of sp³-hybridized carbons (Fsp3) is 0.478. The molecule has 0 aromatic heterocycles. The number of hydrogen-bond donors (Lipinski definition) is 1. The van der Waals surface area contributed by atoms with Crippen molar-refractivity contribution in [1.29, 1.82) is 0 Å². The minimum absolute atomic E-state index is 0.350. The molecule has 3 saturated heterocycles. The molecule has 8 nitrogen and oxygen atoms in total. The quantitative estimate of drug-likeness (QED) is 0.681. The van der Waals surface area contributed by atoms with Gasteiger partial charge in [-0.05, 0) is 35.4 Å². The average Bonchev–Trinajstić information content (AvgIpc) is 2.81. The monoisotopic (exact) mass is 430 g/mol. The van der Waals surface area contributed by atoms with Crippen molar-refractivity contribution >= 4 is 0 Å². The summed E-state index contributed by atoms with van der Waals surface area (Å²) in [6.45, 7) is -0.101. The highest BCUT2D eigenvalue weighted by Gasteiger charge is 2.62. The Bertz CT molecular complexity index is 801. The molecule has 3 heterocycles. The molecule has 1 N–H and O–H groups in total. The molecule has 2 aromatic carbocycles. The van der Waals surface area contributed by atoms with Crippen LogP contribution in [0.4, 0.5) is 0 Å². The molecule has 4 unspecified atom stereocenters. The summed E-state index contributed by atoms with van der Waals surface area (Å²) in [5.74, 6) is 1.56. The minimum Gasteiger partial charge on any atom is -0.497 e. The molecule has 4 fully saturated rings. The standard InChI is InChI=1S/C23H26O8/c1-25-15-7-3-13(4-8-15)11-27-20-18-17(24)19-21(22(20)31-23(29-18)30-19)28-12-14-5-9-16(26-2)10-6-14/h3-10,17-24H,11-12H2,1-2H3. The van der Waals surface area contributed by atoms with Crippen molar-refractivity contribution in [1.82, 2.24) is 0 Å². The second-order valence-electron chi connectivity index (χ2n) is 7.83. The van der Waals surface area contributed by atoms with Gasteiger partial charge in [0.25, 0.3) is 6.48 Å². The predicted molar refractivity (Wildman–Crippen MR) is 108 cm³/mol. The van der Waals surface area contributed by atoms with Gasteiger partial charge in [-0.3, -0.25) is 0 Å². The lowest BCUT2D eigenvalue weighted by atomic mass is 9.82. The van der Waals surface area contributed by atoms with Crippen LogP contribution < -0.4 is 9.47 Å². The van der Waals surface area contributed by atoms with E-state index in [1.807, 2.05) is 48.5 Å². The molecule has 6 rings (SSSR count). The zero-order chi connectivity index (χ0) is 21.4. The number of hydrogen-bond acceptors (Lipinski definition) is 8. The Kier molecular flexibility index (Phi) is 5.83. The van der Waals surface area contributed by atoms with E-state index in [0.29, 0.717) is 13.2 Å². The summed E-state index contributed by atoms with van der Waals surface area (Å²) in [4.78, 5) is 0. The Labute approximate surface area is 180 Å². The molecule has 166 valence electrons. The number of aliphatic hydroxyl groups excluding tert-OH is 1. The molecule has 0 spiro atoms. The van der Waals surface area contributed by atoms with Crippen molar-refractivity contribution in [2.45, 2.75) is 56.3 Å². The minimum atomic E-state index is -0.863. The van der Waals surface area contributed by atoms with Crippen LogP contribution in [0.15, 0.2) is 48.5 Å². The normalized spacial score (nSPS) is 33.5.